The van der Waals surface area contributed by atoms with Crippen molar-refractivity contribution in [3.05, 3.63) is 47.9 Å². The second kappa shape index (κ2) is 4.61. The third kappa shape index (κ3) is 2.78. The lowest BCUT2D eigenvalue weighted by Gasteiger charge is -2.06. The Kier molecular flexibility index (Phi) is 3.00. The minimum atomic E-state index is -0.352. The van der Waals surface area contributed by atoms with Crippen LogP contribution in [0.4, 0.5) is 21.6 Å². The molecular weight excluding hydrogens is 221 g/mol. The molecule has 0 radical (unpaired) electrons. The number of pyridine rings is 1. The summed E-state index contributed by atoms with van der Waals surface area (Å²) >= 11 is 0. The lowest BCUT2D eigenvalue weighted by atomic mass is 10.3. The zero-order chi connectivity index (χ0) is 12.3. The molecule has 5 heteroatoms. The highest BCUT2D eigenvalue weighted by molar-refractivity contribution is 5.76. The Morgan fingerprint density at radius 3 is 2.82 bits per heavy atom. The van der Waals surface area contributed by atoms with E-state index in [0.717, 1.165) is 0 Å². The van der Waals surface area contributed by atoms with Gasteiger partial charge >= 0.3 is 0 Å². The third-order valence-electron chi connectivity index (χ3n) is 2.09. The van der Waals surface area contributed by atoms with Gasteiger partial charge < -0.3 is 11.1 Å². The van der Waals surface area contributed by atoms with Crippen molar-refractivity contribution in [1.82, 2.24) is 4.98 Å². The Morgan fingerprint density at radius 2 is 2.12 bits per heavy atom. The molecule has 0 aliphatic carbocycles. The zero-order valence-corrected chi connectivity index (χ0v) is 8.85. The molecule has 0 unspecified atom stereocenters. The van der Waals surface area contributed by atoms with Gasteiger partial charge in [-0.25, -0.2) is 9.37 Å². The summed E-state index contributed by atoms with van der Waals surface area (Å²) < 4.78 is 13.0. The number of hydrogen-bond acceptors (Lipinski definition) is 4. The number of nitrogens with zero attached hydrogens (tertiary/aromatic N) is 1. The summed E-state index contributed by atoms with van der Waals surface area (Å²) in [5.41, 5.74) is 6.79. The van der Waals surface area contributed by atoms with Crippen molar-refractivity contribution in [2.24, 2.45) is 0 Å². The summed E-state index contributed by atoms with van der Waals surface area (Å²) in [7, 11) is 0. The van der Waals surface area contributed by atoms with Gasteiger partial charge in [-0.1, -0.05) is 6.07 Å². The molecule has 0 aliphatic rings. The average molecular weight is 231 g/mol. The smallest absolute Gasteiger partial charge is 0.168 e. The number of anilines is 3. The monoisotopic (exact) mass is 231 g/mol. The van der Waals surface area contributed by atoms with Crippen LogP contribution in [0.2, 0.25) is 0 Å². The number of rotatable bonds is 3. The van der Waals surface area contributed by atoms with E-state index in [1.807, 2.05) is 0 Å². The second-order valence-corrected chi connectivity index (χ2v) is 3.46. The first kappa shape index (κ1) is 11.1. The van der Waals surface area contributed by atoms with E-state index in [9.17, 15) is 9.18 Å². The number of nitrogens with two attached hydrogens (primary N) is 1. The molecule has 4 nitrogen and oxygen atoms in total. The molecule has 0 saturated carbocycles. The lowest BCUT2D eigenvalue weighted by molar-refractivity contribution is 0.111. The van der Waals surface area contributed by atoms with E-state index < -0.39 is 0 Å². The molecule has 2 aromatic rings. The van der Waals surface area contributed by atoms with E-state index in [1.165, 1.54) is 18.2 Å². The van der Waals surface area contributed by atoms with E-state index in [1.54, 1.807) is 18.2 Å². The molecule has 0 fully saturated rings. The Labute approximate surface area is 97.3 Å². The summed E-state index contributed by atoms with van der Waals surface area (Å²) in [6, 6.07) is 8.96. The van der Waals surface area contributed by atoms with Crippen molar-refractivity contribution < 1.29 is 9.18 Å². The standard InChI is InChI=1S/C12H10FN3O/c13-8-2-1-3-10(4-8)15-12-6-9(14)5-11(7-17)16-12/h1-7H,(H3,14,15,16). The predicted octanol–water partition coefficient (Wildman–Crippen LogP) is 2.36. The molecule has 1 heterocycles. The molecule has 86 valence electrons. The fourth-order valence-corrected chi connectivity index (χ4v) is 1.41. The molecule has 3 N–H and O–H groups in total. The summed E-state index contributed by atoms with van der Waals surface area (Å²) in [6.07, 6.45) is 0.604. The molecule has 0 atom stereocenters. The van der Waals surface area contributed by atoms with Gasteiger partial charge in [0.15, 0.2) is 6.29 Å². The topological polar surface area (TPSA) is 68.0 Å². The molecule has 0 aliphatic heterocycles. The van der Waals surface area contributed by atoms with Gasteiger partial charge in [-0.15, -0.1) is 0 Å². The molecule has 17 heavy (non-hydrogen) atoms. The van der Waals surface area contributed by atoms with Crippen molar-refractivity contribution in [3.8, 4) is 0 Å². The second-order valence-electron chi connectivity index (χ2n) is 3.46. The van der Waals surface area contributed by atoms with Crippen molar-refractivity contribution in [1.29, 1.82) is 0 Å². The minimum Gasteiger partial charge on any atom is -0.399 e. The Hall–Kier alpha value is -2.43. The molecule has 0 spiro atoms. The average Bonchev–Trinajstić information content (AvgIpc) is 2.28. The molecule has 1 aromatic heterocycles. The first-order valence-corrected chi connectivity index (χ1v) is 4.93. The van der Waals surface area contributed by atoms with Gasteiger partial charge in [0.25, 0.3) is 0 Å². The number of benzene rings is 1. The van der Waals surface area contributed by atoms with Crippen LogP contribution >= 0.6 is 0 Å². The fourth-order valence-electron chi connectivity index (χ4n) is 1.41. The SMILES string of the molecule is Nc1cc(C=O)nc(Nc2cccc(F)c2)c1. The van der Waals surface area contributed by atoms with Gasteiger partial charge in [-0.05, 0) is 24.3 Å². The number of nitrogens with one attached hydrogen (secondary N) is 1. The van der Waals surface area contributed by atoms with Crippen LogP contribution in [0.5, 0.6) is 0 Å². The number of aldehydes is 1. The van der Waals surface area contributed by atoms with E-state index in [0.29, 0.717) is 23.5 Å². The molecule has 0 saturated heterocycles. The minimum absolute atomic E-state index is 0.226. The highest BCUT2D eigenvalue weighted by atomic mass is 19.1. The van der Waals surface area contributed by atoms with E-state index >= 15 is 0 Å². The quantitative estimate of drug-likeness (QED) is 0.796. The van der Waals surface area contributed by atoms with Gasteiger partial charge in [-0.2, -0.15) is 0 Å². The number of carbonyl (C=O) groups excluding carboxylic acids is 1. The van der Waals surface area contributed by atoms with Crippen LogP contribution in [0.3, 0.4) is 0 Å². The normalized spacial score (nSPS) is 9.94. The van der Waals surface area contributed by atoms with E-state index in [-0.39, 0.29) is 11.5 Å². The van der Waals surface area contributed by atoms with Crippen molar-refractivity contribution in [2.45, 2.75) is 0 Å². The number of aromatic nitrogens is 1. The number of carbonyl (C=O) groups is 1. The molecular formula is C12H10FN3O. The number of hydrogen-bond donors (Lipinski definition) is 2. The van der Waals surface area contributed by atoms with Crippen LogP contribution in [0.15, 0.2) is 36.4 Å². The Bertz CT molecular complexity index is 557. The first-order chi connectivity index (χ1) is 8.17. The van der Waals surface area contributed by atoms with Crippen LogP contribution in [-0.4, -0.2) is 11.3 Å². The summed E-state index contributed by atoms with van der Waals surface area (Å²) in [5, 5.41) is 2.87. The van der Waals surface area contributed by atoms with Crippen LogP contribution in [0.1, 0.15) is 10.5 Å². The van der Waals surface area contributed by atoms with Crippen molar-refractivity contribution in [2.75, 3.05) is 11.1 Å². The third-order valence-corrected chi connectivity index (χ3v) is 2.09. The van der Waals surface area contributed by atoms with E-state index in [2.05, 4.69) is 10.3 Å². The molecule has 0 amide bonds. The fraction of sp³-hybridized carbons (Fsp3) is 0. The molecule has 0 bridgehead atoms. The van der Waals surface area contributed by atoms with Crippen molar-refractivity contribution in [3.63, 3.8) is 0 Å². The highest BCUT2D eigenvalue weighted by Crippen LogP contribution is 2.18. The highest BCUT2D eigenvalue weighted by Gasteiger charge is 2.01. The van der Waals surface area contributed by atoms with Crippen LogP contribution in [0, 0.1) is 5.82 Å². The maximum atomic E-state index is 13.0. The lowest BCUT2D eigenvalue weighted by Crippen LogP contribution is -1.99. The molecule has 1 aromatic carbocycles. The van der Waals surface area contributed by atoms with Gasteiger partial charge in [-0.3, -0.25) is 4.79 Å². The summed E-state index contributed by atoms with van der Waals surface area (Å²) in [6.45, 7) is 0. The Morgan fingerprint density at radius 1 is 1.29 bits per heavy atom. The van der Waals surface area contributed by atoms with Gasteiger partial charge in [0.2, 0.25) is 0 Å². The van der Waals surface area contributed by atoms with Crippen LogP contribution in [0.25, 0.3) is 0 Å². The first-order valence-electron chi connectivity index (χ1n) is 4.93. The van der Waals surface area contributed by atoms with Crippen molar-refractivity contribution >= 4 is 23.5 Å². The van der Waals surface area contributed by atoms with Gasteiger partial charge in [0.1, 0.15) is 17.3 Å². The van der Waals surface area contributed by atoms with Gasteiger partial charge in [0.05, 0.1) is 0 Å². The number of nitrogen functional groups attached to an aromatic ring is 1. The predicted molar refractivity (Wildman–Crippen MR) is 63.7 cm³/mol. The zero-order valence-electron chi connectivity index (χ0n) is 8.85. The summed E-state index contributed by atoms with van der Waals surface area (Å²) in [4.78, 5) is 14.6. The maximum Gasteiger partial charge on any atom is 0.168 e. The Balaban J connectivity index is 2.29. The van der Waals surface area contributed by atoms with E-state index in [4.69, 9.17) is 5.73 Å². The van der Waals surface area contributed by atoms with Gasteiger partial charge in [0, 0.05) is 17.4 Å². The largest absolute Gasteiger partial charge is 0.399 e. The maximum absolute atomic E-state index is 13.0. The van der Waals surface area contributed by atoms with Crippen LogP contribution in [-0.2, 0) is 0 Å². The van der Waals surface area contributed by atoms with Crippen LogP contribution < -0.4 is 11.1 Å². The number of halogens is 1. The summed E-state index contributed by atoms with van der Waals surface area (Å²) in [5.74, 6) is 0.0483. The molecule has 2 rings (SSSR count).